The smallest absolute Gasteiger partial charge is 0.230 e. The first kappa shape index (κ1) is 21.8. The zero-order valence-electron chi connectivity index (χ0n) is 15.5. The number of ether oxygens (including phenoxy) is 2. The van der Waals surface area contributed by atoms with Crippen molar-refractivity contribution in [3.8, 4) is 17.2 Å². The zero-order valence-corrected chi connectivity index (χ0v) is 16.3. The molecule has 2 aromatic rings. The standard InChI is InChI=1S/C18H14F5NO5S/c1-18(2)7-11(24-29-18)30(25,26)8-27-16-12(20)14(22)17(15(23)13(16)21)28-10-6-4-3-5-9(10)19/h3-6H,7-8H2,1-2H3. The molecular weight excluding hydrogens is 437 g/mol. The Bertz CT molecular complexity index is 1110. The zero-order chi connectivity index (χ0) is 22.3. The second-order valence-electron chi connectivity index (χ2n) is 6.84. The maximum atomic E-state index is 14.3. The van der Waals surface area contributed by atoms with Gasteiger partial charge in [0.25, 0.3) is 0 Å². The molecule has 1 heterocycles. The predicted octanol–water partition coefficient (Wildman–Crippen LogP) is 4.44. The molecular formula is C18H14F5NO5S. The Kier molecular flexibility index (Phi) is 5.63. The highest BCUT2D eigenvalue weighted by molar-refractivity contribution is 8.06. The Hall–Kier alpha value is -2.89. The van der Waals surface area contributed by atoms with Crippen LogP contribution in [0, 0.1) is 29.1 Å². The van der Waals surface area contributed by atoms with Gasteiger partial charge in [0.05, 0.1) is 0 Å². The maximum absolute atomic E-state index is 14.3. The van der Waals surface area contributed by atoms with E-state index in [4.69, 9.17) is 4.84 Å². The molecule has 0 atom stereocenters. The van der Waals surface area contributed by atoms with Crippen LogP contribution < -0.4 is 9.47 Å². The van der Waals surface area contributed by atoms with E-state index >= 15 is 0 Å². The molecule has 0 aliphatic carbocycles. The minimum atomic E-state index is -4.31. The average molecular weight is 451 g/mol. The van der Waals surface area contributed by atoms with Crippen LogP contribution in [-0.4, -0.2) is 25.0 Å². The molecule has 2 aromatic carbocycles. The number of sulfone groups is 1. The van der Waals surface area contributed by atoms with Crippen LogP contribution in [0.2, 0.25) is 0 Å². The van der Waals surface area contributed by atoms with Crippen molar-refractivity contribution in [1.82, 2.24) is 0 Å². The highest BCUT2D eigenvalue weighted by atomic mass is 32.2. The van der Waals surface area contributed by atoms with E-state index in [2.05, 4.69) is 14.6 Å². The summed E-state index contributed by atoms with van der Waals surface area (Å²) in [6.45, 7) is 3.11. The molecule has 0 amide bonds. The first-order chi connectivity index (χ1) is 13.9. The van der Waals surface area contributed by atoms with Crippen molar-refractivity contribution < 1.29 is 44.7 Å². The van der Waals surface area contributed by atoms with Gasteiger partial charge in [0.15, 0.2) is 28.3 Å². The first-order valence-electron chi connectivity index (χ1n) is 8.32. The van der Waals surface area contributed by atoms with Crippen molar-refractivity contribution in [2.75, 3.05) is 5.94 Å². The van der Waals surface area contributed by atoms with Gasteiger partial charge in [0, 0.05) is 6.42 Å². The quantitative estimate of drug-likeness (QED) is 0.497. The Morgan fingerprint density at radius 3 is 2.10 bits per heavy atom. The predicted molar refractivity (Wildman–Crippen MR) is 94.4 cm³/mol. The molecule has 30 heavy (non-hydrogen) atoms. The van der Waals surface area contributed by atoms with Crippen LogP contribution in [0.1, 0.15) is 20.3 Å². The fourth-order valence-electron chi connectivity index (χ4n) is 2.42. The van der Waals surface area contributed by atoms with E-state index in [1.165, 1.54) is 12.1 Å². The number of halogens is 5. The third-order valence-electron chi connectivity index (χ3n) is 3.92. The SMILES string of the molecule is CC1(C)CC(S(=O)(=O)COc2c(F)c(F)c(Oc3ccccc3F)c(F)c2F)=NO1. The van der Waals surface area contributed by atoms with Gasteiger partial charge < -0.3 is 14.3 Å². The van der Waals surface area contributed by atoms with E-state index in [-0.39, 0.29) is 6.42 Å². The molecule has 1 aliphatic heterocycles. The number of nitrogens with zero attached hydrogens (tertiary/aromatic N) is 1. The van der Waals surface area contributed by atoms with E-state index in [1.807, 2.05) is 0 Å². The monoisotopic (exact) mass is 451 g/mol. The van der Waals surface area contributed by atoms with Crippen molar-refractivity contribution in [2.45, 2.75) is 25.9 Å². The third-order valence-corrected chi connectivity index (χ3v) is 5.29. The molecule has 0 unspecified atom stereocenters. The molecule has 0 saturated carbocycles. The second kappa shape index (κ2) is 7.74. The maximum Gasteiger partial charge on any atom is 0.230 e. The number of benzene rings is 2. The van der Waals surface area contributed by atoms with Gasteiger partial charge >= 0.3 is 0 Å². The number of rotatable bonds is 5. The van der Waals surface area contributed by atoms with Gasteiger partial charge in [-0.05, 0) is 26.0 Å². The lowest BCUT2D eigenvalue weighted by molar-refractivity contribution is 0.0123. The molecule has 0 radical (unpaired) electrons. The third kappa shape index (κ3) is 4.18. The van der Waals surface area contributed by atoms with Crippen LogP contribution in [0.15, 0.2) is 29.4 Å². The molecule has 3 rings (SSSR count). The van der Waals surface area contributed by atoms with Gasteiger partial charge in [-0.1, -0.05) is 17.3 Å². The lowest BCUT2D eigenvalue weighted by Crippen LogP contribution is -2.26. The van der Waals surface area contributed by atoms with Crippen LogP contribution in [-0.2, 0) is 14.7 Å². The van der Waals surface area contributed by atoms with Gasteiger partial charge in [-0.3, -0.25) is 0 Å². The average Bonchev–Trinajstić information content (AvgIpc) is 3.05. The van der Waals surface area contributed by atoms with Gasteiger partial charge in [0.2, 0.25) is 38.9 Å². The van der Waals surface area contributed by atoms with Crippen LogP contribution in [0.5, 0.6) is 17.2 Å². The molecule has 0 aromatic heterocycles. The van der Waals surface area contributed by atoms with Crippen molar-refractivity contribution in [1.29, 1.82) is 0 Å². The largest absolute Gasteiger partial charge is 0.471 e. The molecule has 0 saturated heterocycles. The van der Waals surface area contributed by atoms with E-state index < -0.39 is 72.8 Å². The van der Waals surface area contributed by atoms with Crippen molar-refractivity contribution in [2.24, 2.45) is 5.16 Å². The Morgan fingerprint density at radius 2 is 1.57 bits per heavy atom. The van der Waals surface area contributed by atoms with Crippen molar-refractivity contribution in [3.05, 3.63) is 53.4 Å². The van der Waals surface area contributed by atoms with Crippen LogP contribution in [0.3, 0.4) is 0 Å². The highest BCUT2D eigenvalue weighted by Gasteiger charge is 2.37. The first-order valence-corrected chi connectivity index (χ1v) is 9.97. The molecule has 162 valence electrons. The summed E-state index contributed by atoms with van der Waals surface area (Å²) in [4.78, 5) is 4.90. The molecule has 6 nitrogen and oxygen atoms in total. The normalized spacial score (nSPS) is 15.5. The van der Waals surface area contributed by atoms with E-state index in [0.717, 1.165) is 12.1 Å². The number of hydrogen-bond acceptors (Lipinski definition) is 6. The Labute approximate surface area is 167 Å². The van der Waals surface area contributed by atoms with Gasteiger partial charge in [-0.2, -0.15) is 17.6 Å². The van der Waals surface area contributed by atoms with Crippen LogP contribution in [0.4, 0.5) is 22.0 Å². The summed E-state index contributed by atoms with van der Waals surface area (Å²) in [5.41, 5.74) is -0.914. The molecule has 0 N–H and O–H groups in total. The van der Waals surface area contributed by atoms with Gasteiger partial charge in [0.1, 0.15) is 5.60 Å². The summed E-state index contributed by atoms with van der Waals surface area (Å²) in [6, 6.07) is 4.40. The van der Waals surface area contributed by atoms with Crippen LogP contribution >= 0.6 is 0 Å². The number of hydrogen-bond donors (Lipinski definition) is 0. The summed E-state index contributed by atoms with van der Waals surface area (Å²) in [6.07, 6.45) is -0.137. The molecule has 1 aliphatic rings. The minimum Gasteiger partial charge on any atom is -0.471 e. The van der Waals surface area contributed by atoms with Crippen molar-refractivity contribution in [3.63, 3.8) is 0 Å². The van der Waals surface area contributed by atoms with Crippen molar-refractivity contribution >= 4 is 14.9 Å². The number of oxime groups is 1. The summed E-state index contributed by atoms with van der Waals surface area (Å²) in [5.74, 6) is -14.4. The summed E-state index contributed by atoms with van der Waals surface area (Å²) >= 11 is 0. The fourth-order valence-corrected chi connectivity index (χ4v) is 3.55. The van der Waals surface area contributed by atoms with Gasteiger partial charge in [-0.25, -0.2) is 12.8 Å². The van der Waals surface area contributed by atoms with E-state index in [9.17, 15) is 30.4 Å². The highest BCUT2D eigenvalue weighted by Crippen LogP contribution is 2.37. The topological polar surface area (TPSA) is 74.2 Å². The fraction of sp³-hybridized carbons (Fsp3) is 0.278. The summed E-state index contributed by atoms with van der Waals surface area (Å²) in [7, 11) is -4.31. The molecule has 0 fully saturated rings. The second-order valence-corrected chi connectivity index (χ2v) is 8.77. The summed E-state index contributed by atoms with van der Waals surface area (Å²) < 4.78 is 104. The Balaban J connectivity index is 1.88. The summed E-state index contributed by atoms with van der Waals surface area (Å²) in [5, 5.41) is 2.93. The van der Waals surface area contributed by atoms with E-state index in [0.29, 0.717) is 0 Å². The Morgan fingerprint density at radius 1 is 1.00 bits per heavy atom. The minimum absolute atomic E-state index is 0.137. The molecule has 0 spiro atoms. The van der Waals surface area contributed by atoms with Crippen LogP contribution in [0.25, 0.3) is 0 Å². The lowest BCUT2D eigenvalue weighted by Gasteiger charge is -2.14. The molecule has 12 heteroatoms. The lowest BCUT2D eigenvalue weighted by atomic mass is 10.1. The van der Waals surface area contributed by atoms with Gasteiger partial charge in [-0.15, -0.1) is 0 Å². The van der Waals surface area contributed by atoms with E-state index in [1.54, 1.807) is 13.8 Å². The number of para-hydroxylation sites is 1. The molecule has 0 bridgehead atoms.